The smallest absolute Gasteiger partial charge is 0.270 e. The third-order valence-electron chi connectivity index (χ3n) is 6.90. The summed E-state index contributed by atoms with van der Waals surface area (Å²) >= 11 is 0. The number of alkyl halides is 3. The van der Waals surface area contributed by atoms with E-state index in [0.717, 1.165) is 66.7 Å². The molecule has 1 aromatic carbocycles. The number of piperidine rings is 1. The van der Waals surface area contributed by atoms with Crippen LogP contribution in [0, 0.1) is 0 Å². The Kier molecular flexibility index (Phi) is 11.9. The van der Waals surface area contributed by atoms with Gasteiger partial charge in [0.1, 0.15) is 11.5 Å². The van der Waals surface area contributed by atoms with Crippen LogP contribution >= 0.6 is 0 Å². The van der Waals surface area contributed by atoms with E-state index in [1.807, 2.05) is 26.8 Å². The Labute approximate surface area is 238 Å². The van der Waals surface area contributed by atoms with E-state index >= 15 is 0 Å². The molecule has 7 heteroatoms. The summed E-state index contributed by atoms with van der Waals surface area (Å²) in [5, 5.41) is 0. The number of amides is 1. The molecule has 1 aliphatic heterocycles. The van der Waals surface area contributed by atoms with E-state index in [1.165, 1.54) is 39.3 Å². The van der Waals surface area contributed by atoms with Gasteiger partial charge in [-0.15, -0.1) is 0 Å². The highest BCUT2D eigenvalue weighted by atomic mass is 19.3. The fraction of sp³-hybridized carbons (Fsp3) is 0.485. The highest BCUT2D eigenvalue weighted by Crippen LogP contribution is 2.34. The van der Waals surface area contributed by atoms with E-state index in [1.54, 1.807) is 13.1 Å². The Hall–Kier alpha value is -3.22. The van der Waals surface area contributed by atoms with Gasteiger partial charge in [-0.3, -0.25) is 9.79 Å². The molecule has 0 atom stereocenters. The van der Waals surface area contributed by atoms with Crippen molar-refractivity contribution in [3.05, 3.63) is 82.0 Å². The minimum absolute atomic E-state index is 0.134. The van der Waals surface area contributed by atoms with Crippen LogP contribution in [-0.2, 0) is 22.8 Å². The van der Waals surface area contributed by atoms with E-state index < -0.39 is 11.6 Å². The zero-order valence-corrected chi connectivity index (χ0v) is 25.2. The second-order valence-corrected chi connectivity index (χ2v) is 10.7. The molecule has 218 valence electrons. The van der Waals surface area contributed by atoms with E-state index in [9.17, 15) is 18.0 Å². The average molecular weight is 556 g/mol. The molecule has 3 rings (SSSR count). The fourth-order valence-electron chi connectivity index (χ4n) is 4.79. The number of carbonyl (C=O) groups is 1. The van der Waals surface area contributed by atoms with E-state index in [-0.39, 0.29) is 11.5 Å². The van der Waals surface area contributed by atoms with Gasteiger partial charge in [-0.2, -0.15) is 4.99 Å². The highest BCUT2D eigenvalue weighted by molar-refractivity contribution is 6.12. The first-order chi connectivity index (χ1) is 18.7. The number of amidine groups is 1. The molecule has 1 amide bonds. The first-order valence-electron chi connectivity index (χ1n) is 14.0. The molecule has 1 heterocycles. The van der Waals surface area contributed by atoms with Crippen LogP contribution < -0.4 is 0 Å². The number of hydrogen-bond acceptors (Lipinski definition) is 2. The first kappa shape index (κ1) is 33.0. The fourth-order valence-corrected chi connectivity index (χ4v) is 4.79. The SMILES string of the molecule is C/C=C1C=C(/C=C(\C)C(=NC(C)=O)N2CCCCC2)C=CC/1=NC.CCc1ccc(C(C)(F)F)cc1C(C)(C)F. The normalized spacial score (nSPS) is 19.0. The van der Waals surface area contributed by atoms with Crippen LogP contribution in [0.5, 0.6) is 0 Å². The van der Waals surface area contributed by atoms with Crippen molar-refractivity contribution >= 4 is 17.5 Å². The van der Waals surface area contributed by atoms with E-state index in [4.69, 9.17) is 0 Å². The molecule has 40 heavy (non-hydrogen) atoms. The molecule has 2 aliphatic rings. The Morgan fingerprint density at radius 2 is 1.70 bits per heavy atom. The molecular formula is C33H44F3N3O. The number of halogens is 3. The van der Waals surface area contributed by atoms with Crippen molar-refractivity contribution in [1.82, 2.24) is 4.90 Å². The van der Waals surface area contributed by atoms with Crippen molar-refractivity contribution in [3.63, 3.8) is 0 Å². The molecule has 1 saturated heterocycles. The maximum absolute atomic E-state index is 13.9. The van der Waals surface area contributed by atoms with Gasteiger partial charge in [-0.05, 0) is 106 Å². The summed E-state index contributed by atoms with van der Waals surface area (Å²) in [7, 11) is 1.80. The van der Waals surface area contributed by atoms with Crippen LogP contribution in [0.2, 0.25) is 0 Å². The van der Waals surface area contributed by atoms with Crippen molar-refractivity contribution < 1.29 is 18.0 Å². The quantitative estimate of drug-likeness (QED) is 0.270. The molecule has 1 aromatic rings. The van der Waals surface area contributed by atoms with Crippen molar-refractivity contribution in [2.75, 3.05) is 20.1 Å². The van der Waals surface area contributed by atoms with Crippen LogP contribution in [0.1, 0.15) is 84.4 Å². The van der Waals surface area contributed by atoms with Crippen LogP contribution in [-0.4, -0.2) is 42.5 Å². The summed E-state index contributed by atoms with van der Waals surface area (Å²) in [6.07, 6.45) is 14.6. The van der Waals surface area contributed by atoms with Crippen LogP contribution in [0.15, 0.2) is 75.3 Å². The summed E-state index contributed by atoms with van der Waals surface area (Å²) in [4.78, 5) is 22.4. The minimum atomic E-state index is -2.92. The van der Waals surface area contributed by atoms with Gasteiger partial charge in [-0.1, -0.05) is 31.2 Å². The Bertz CT molecular complexity index is 1230. The van der Waals surface area contributed by atoms with Crippen LogP contribution in [0.25, 0.3) is 0 Å². The van der Waals surface area contributed by atoms with Crippen molar-refractivity contribution in [2.45, 2.75) is 85.7 Å². The zero-order chi connectivity index (χ0) is 30.1. The Morgan fingerprint density at radius 3 is 2.20 bits per heavy atom. The number of rotatable bonds is 5. The lowest BCUT2D eigenvalue weighted by atomic mass is 9.90. The van der Waals surface area contributed by atoms with Gasteiger partial charge >= 0.3 is 0 Å². The lowest BCUT2D eigenvalue weighted by Crippen LogP contribution is -2.36. The molecule has 1 aliphatic carbocycles. The molecule has 0 saturated carbocycles. The third kappa shape index (κ3) is 9.46. The van der Waals surface area contributed by atoms with Gasteiger partial charge in [0.05, 0.1) is 5.71 Å². The number of allylic oxidation sites excluding steroid dienone is 7. The number of aryl methyl sites for hydroxylation is 1. The number of benzene rings is 1. The lowest BCUT2D eigenvalue weighted by molar-refractivity contribution is -0.115. The molecule has 1 fully saturated rings. The van der Waals surface area contributed by atoms with Gasteiger partial charge in [-0.25, -0.2) is 13.2 Å². The Balaban J connectivity index is 0.000000305. The van der Waals surface area contributed by atoms with E-state index in [2.05, 4.69) is 39.2 Å². The number of hydrogen-bond donors (Lipinski definition) is 0. The molecule has 4 nitrogen and oxygen atoms in total. The number of likely N-dealkylation sites (tertiary alicyclic amines) is 1. The molecule has 0 spiro atoms. The predicted molar refractivity (Wildman–Crippen MR) is 161 cm³/mol. The summed E-state index contributed by atoms with van der Waals surface area (Å²) in [6, 6.07) is 4.23. The largest absolute Gasteiger partial charge is 0.356 e. The number of aliphatic imine (C=N–C) groups is 2. The second-order valence-electron chi connectivity index (χ2n) is 10.7. The molecular weight excluding hydrogens is 511 g/mol. The zero-order valence-electron chi connectivity index (χ0n) is 25.2. The van der Waals surface area contributed by atoms with Gasteiger partial charge in [0.2, 0.25) is 5.91 Å². The first-order valence-corrected chi connectivity index (χ1v) is 14.0. The maximum atomic E-state index is 13.9. The predicted octanol–water partition coefficient (Wildman–Crippen LogP) is 8.44. The van der Waals surface area contributed by atoms with Gasteiger partial charge in [0, 0.05) is 39.5 Å². The molecule has 0 bridgehead atoms. The molecule has 0 unspecified atom stereocenters. The maximum Gasteiger partial charge on any atom is 0.270 e. The van der Waals surface area contributed by atoms with Crippen molar-refractivity contribution in [1.29, 1.82) is 0 Å². The number of nitrogens with zero attached hydrogens (tertiary/aromatic N) is 3. The summed E-state index contributed by atoms with van der Waals surface area (Å²) in [6.45, 7) is 13.0. The minimum Gasteiger partial charge on any atom is -0.356 e. The van der Waals surface area contributed by atoms with Gasteiger partial charge in [0.15, 0.2) is 0 Å². The monoisotopic (exact) mass is 555 g/mol. The third-order valence-corrected chi connectivity index (χ3v) is 6.90. The lowest BCUT2D eigenvalue weighted by Gasteiger charge is -2.30. The van der Waals surface area contributed by atoms with Gasteiger partial charge < -0.3 is 4.90 Å². The van der Waals surface area contributed by atoms with Gasteiger partial charge in [0.25, 0.3) is 5.92 Å². The average Bonchev–Trinajstić information content (AvgIpc) is 2.91. The highest BCUT2D eigenvalue weighted by Gasteiger charge is 2.29. The molecule has 0 aromatic heterocycles. The van der Waals surface area contributed by atoms with Crippen molar-refractivity contribution in [3.8, 4) is 0 Å². The second kappa shape index (κ2) is 14.4. The van der Waals surface area contributed by atoms with Crippen molar-refractivity contribution in [2.24, 2.45) is 9.98 Å². The summed E-state index contributed by atoms with van der Waals surface area (Å²) in [5.41, 5.74) is 3.63. The van der Waals surface area contributed by atoms with Crippen LogP contribution in [0.4, 0.5) is 13.2 Å². The molecule has 0 radical (unpaired) electrons. The number of carbonyl (C=O) groups excluding carboxylic acids is 1. The van der Waals surface area contributed by atoms with Crippen LogP contribution in [0.3, 0.4) is 0 Å². The standard InChI is InChI=1S/C20H27N3O.C13H17F3/c1-5-18-14-17(9-10-19(18)21-4)13-15(2)20(22-16(3)24)23-11-7-6-8-12-23;1-5-9-6-7-10(13(4,15)16)8-11(9)12(2,3)14/h5,9-10,13-14H,6-8,11-12H2,1-4H3;6-8H,5H2,1-4H3/b15-13+,18-5-,21-19?,22-20?;. The summed E-state index contributed by atoms with van der Waals surface area (Å²) < 4.78 is 40.2. The Morgan fingerprint density at radius 1 is 1.05 bits per heavy atom. The van der Waals surface area contributed by atoms with E-state index in [0.29, 0.717) is 12.0 Å². The summed E-state index contributed by atoms with van der Waals surface area (Å²) in [5.74, 6) is -2.26. The molecule has 0 N–H and O–H groups in total. The topological polar surface area (TPSA) is 45.0 Å².